The molecule has 2 aromatic carbocycles. The molecule has 4 nitrogen and oxygen atoms in total. The van der Waals surface area contributed by atoms with Crippen LogP contribution in [0.4, 0.5) is 11.4 Å². The molecule has 0 heterocycles. The number of nitrogens with one attached hydrogen (secondary N) is 2. The second-order valence-electron chi connectivity index (χ2n) is 5.78. The Morgan fingerprint density at radius 3 is 1.10 bits per heavy atom. The molecule has 0 saturated heterocycles. The van der Waals surface area contributed by atoms with Crippen molar-refractivity contribution in [2.75, 3.05) is 10.6 Å². The lowest BCUT2D eigenvalue weighted by atomic mass is 10.0. The molecule has 156 valence electrons. The fourth-order valence-corrected chi connectivity index (χ4v) is 4.02. The zero-order chi connectivity index (χ0) is 22.3. The summed E-state index contributed by atoms with van der Waals surface area (Å²) in [5.74, 6) is -1.52. The summed E-state index contributed by atoms with van der Waals surface area (Å²) in [6.07, 6.45) is 0. The molecule has 3 rings (SSSR count). The first-order valence-electron chi connectivity index (χ1n) is 7.73. The molecule has 2 aromatic rings. The number of allylic oxidation sites excluding steroid dienone is 2. The fraction of sp³-hybridized carbons (Fsp3) is 0. The molecule has 0 aliphatic heterocycles. The average Bonchev–Trinajstić information content (AvgIpc) is 2.68. The highest BCUT2D eigenvalue weighted by Crippen LogP contribution is 2.38. The number of Topliss-reactive ketones (excluding diaryl/α,β-unsaturated/α-hetero) is 2. The standard InChI is InChI=1S/C18H6Cl8N2O2/c19-5-1-9(23)11(3-7(5)21)27-15-13(25)18(30)16(14(26)17(15)29)28-12-4-8(22)6(20)2-10(12)24/h1-4,27-28H. The van der Waals surface area contributed by atoms with Crippen LogP contribution in [-0.2, 0) is 9.59 Å². The summed E-state index contributed by atoms with van der Waals surface area (Å²) in [6.45, 7) is 0. The van der Waals surface area contributed by atoms with E-state index in [9.17, 15) is 9.59 Å². The zero-order valence-corrected chi connectivity index (χ0v) is 20.2. The molecular formula is C18H6Cl8N2O2. The van der Waals surface area contributed by atoms with Gasteiger partial charge in [0.05, 0.1) is 41.5 Å². The maximum Gasteiger partial charge on any atom is 0.224 e. The third kappa shape index (κ3) is 4.67. The van der Waals surface area contributed by atoms with E-state index in [1.54, 1.807) is 0 Å². The highest BCUT2D eigenvalue weighted by molar-refractivity contribution is 6.57. The fourth-order valence-electron chi connectivity index (χ4n) is 2.38. The molecule has 0 bridgehead atoms. The van der Waals surface area contributed by atoms with Crippen LogP contribution < -0.4 is 10.6 Å². The Hall–Kier alpha value is -0.820. The van der Waals surface area contributed by atoms with E-state index >= 15 is 0 Å². The van der Waals surface area contributed by atoms with Crippen LogP contribution in [0, 0.1) is 0 Å². The summed E-state index contributed by atoms with van der Waals surface area (Å²) in [5, 5.41) is 5.57. The van der Waals surface area contributed by atoms with Crippen LogP contribution in [-0.4, -0.2) is 11.6 Å². The third-order valence-corrected chi connectivity index (χ3v) is 6.62. The van der Waals surface area contributed by atoms with Crippen molar-refractivity contribution in [1.29, 1.82) is 0 Å². The number of benzene rings is 2. The second-order valence-corrected chi connectivity index (χ2v) is 8.98. The van der Waals surface area contributed by atoms with Crippen LogP contribution >= 0.6 is 92.8 Å². The van der Waals surface area contributed by atoms with Crippen molar-refractivity contribution in [2.24, 2.45) is 0 Å². The van der Waals surface area contributed by atoms with Gasteiger partial charge in [0, 0.05) is 0 Å². The van der Waals surface area contributed by atoms with Crippen LogP contribution in [0.25, 0.3) is 0 Å². The molecule has 1 aliphatic carbocycles. The lowest BCUT2D eigenvalue weighted by molar-refractivity contribution is -0.115. The van der Waals surface area contributed by atoms with Crippen LogP contribution in [0.3, 0.4) is 0 Å². The minimum Gasteiger partial charge on any atom is -0.350 e. The second kappa shape index (κ2) is 9.35. The van der Waals surface area contributed by atoms with E-state index in [1.165, 1.54) is 24.3 Å². The summed E-state index contributed by atoms with van der Waals surface area (Å²) in [6, 6.07) is 5.49. The molecule has 0 amide bonds. The maximum atomic E-state index is 12.8. The first kappa shape index (κ1) is 23.8. The zero-order valence-electron chi connectivity index (χ0n) is 14.1. The van der Waals surface area contributed by atoms with Crippen molar-refractivity contribution in [2.45, 2.75) is 0 Å². The minimum absolute atomic E-state index is 0.147. The van der Waals surface area contributed by atoms with Gasteiger partial charge >= 0.3 is 0 Å². The monoisotopic (exact) mass is 562 g/mol. The molecule has 0 fully saturated rings. The van der Waals surface area contributed by atoms with Gasteiger partial charge in [-0.15, -0.1) is 0 Å². The first-order chi connectivity index (χ1) is 14.0. The van der Waals surface area contributed by atoms with E-state index in [2.05, 4.69) is 10.6 Å². The molecule has 2 N–H and O–H groups in total. The van der Waals surface area contributed by atoms with Crippen molar-refractivity contribution < 1.29 is 9.59 Å². The highest BCUT2D eigenvalue weighted by Gasteiger charge is 2.34. The van der Waals surface area contributed by atoms with Crippen molar-refractivity contribution in [1.82, 2.24) is 0 Å². The first-order valence-corrected chi connectivity index (χ1v) is 10.8. The largest absolute Gasteiger partial charge is 0.350 e. The number of rotatable bonds is 4. The number of anilines is 2. The number of hydrogen-bond donors (Lipinski definition) is 2. The molecule has 0 radical (unpaired) electrons. The summed E-state index contributed by atoms with van der Waals surface area (Å²) in [5.41, 5.74) is -0.155. The Morgan fingerprint density at radius 1 is 0.467 bits per heavy atom. The topological polar surface area (TPSA) is 58.2 Å². The van der Waals surface area contributed by atoms with Gasteiger partial charge in [0.15, 0.2) is 0 Å². The van der Waals surface area contributed by atoms with E-state index < -0.39 is 21.6 Å². The molecular weight excluding hydrogens is 560 g/mol. The SMILES string of the molecule is O=C1C(Cl)=C(Nc2cc(Cl)c(Cl)cc2Cl)C(=O)C(Cl)=C1Nc1cc(Cl)c(Cl)cc1Cl. The predicted molar refractivity (Wildman–Crippen MR) is 126 cm³/mol. The Kier molecular flexibility index (Phi) is 7.43. The van der Waals surface area contributed by atoms with Crippen molar-refractivity contribution in [3.05, 3.63) is 75.9 Å². The van der Waals surface area contributed by atoms with E-state index in [0.29, 0.717) is 0 Å². The van der Waals surface area contributed by atoms with Gasteiger partial charge in [0.1, 0.15) is 21.5 Å². The molecule has 12 heteroatoms. The number of halogens is 8. The van der Waals surface area contributed by atoms with E-state index in [4.69, 9.17) is 92.8 Å². The van der Waals surface area contributed by atoms with Crippen molar-refractivity contribution in [3.63, 3.8) is 0 Å². The van der Waals surface area contributed by atoms with Gasteiger partial charge in [-0.1, -0.05) is 92.8 Å². The van der Waals surface area contributed by atoms with Crippen LogP contribution in [0.15, 0.2) is 45.7 Å². The summed E-state index contributed by atoms with van der Waals surface area (Å²) in [4.78, 5) is 25.6. The van der Waals surface area contributed by atoms with Crippen LogP contribution in [0.2, 0.25) is 30.1 Å². The van der Waals surface area contributed by atoms with Gasteiger partial charge in [-0.3, -0.25) is 9.59 Å². The van der Waals surface area contributed by atoms with E-state index in [0.717, 1.165) is 0 Å². The third-order valence-electron chi connectivity index (χ3n) is 3.83. The lowest BCUT2D eigenvalue weighted by Gasteiger charge is -2.21. The van der Waals surface area contributed by atoms with Crippen LogP contribution in [0.1, 0.15) is 0 Å². The minimum atomic E-state index is -0.762. The van der Waals surface area contributed by atoms with E-state index in [1.807, 2.05) is 0 Å². The summed E-state index contributed by atoms with van der Waals surface area (Å²) < 4.78 is 0. The normalized spacial score (nSPS) is 14.5. The number of ketones is 2. The van der Waals surface area contributed by atoms with Gasteiger partial charge < -0.3 is 10.6 Å². The predicted octanol–water partition coefficient (Wildman–Crippen LogP) is 8.18. The Morgan fingerprint density at radius 2 is 0.767 bits per heavy atom. The van der Waals surface area contributed by atoms with Crippen LogP contribution in [0.5, 0.6) is 0 Å². The molecule has 1 aliphatic rings. The van der Waals surface area contributed by atoms with E-state index in [-0.39, 0.29) is 52.9 Å². The molecule has 0 spiro atoms. The summed E-state index contributed by atoms with van der Waals surface area (Å²) in [7, 11) is 0. The molecule has 30 heavy (non-hydrogen) atoms. The van der Waals surface area contributed by atoms with Gasteiger partial charge in [-0.25, -0.2) is 0 Å². The Bertz CT molecular complexity index is 1080. The molecule has 0 saturated carbocycles. The summed E-state index contributed by atoms with van der Waals surface area (Å²) >= 11 is 48.3. The van der Waals surface area contributed by atoms with Gasteiger partial charge in [0.25, 0.3) is 0 Å². The number of carbonyl (C=O) groups is 2. The van der Waals surface area contributed by atoms with Crippen molar-refractivity contribution >= 4 is 116 Å². The lowest BCUT2D eigenvalue weighted by Crippen LogP contribution is -2.27. The Balaban J connectivity index is 1.97. The number of carbonyl (C=O) groups excluding carboxylic acids is 2. The van der Waals surface area contributed by atoms with Gasteiger partial charge in [0.2, 0.25) is 11.6 Å². The molecule has 0 aromatic heterocycles. The number of hydrogen-bond acceptors (Lipinski definition) is 4. The average molecular weight is 566 g/mol. The van der Waals surface area contributed by atoms with Gasteiger partial charge in [-0.05, 0) is 24.3 Å². The molecule has 0 atom stereocenters. The smallest absolute Gasteiger partial charge is 0.224 e. The highest BCUT2D eigenvalue weighted by atomic mass is 35.5. The molecule has 0 unspecified atom stereocenters. The quantitative estimate of drug-likeness (QED) is 0.290. The Labute approximate surface area is 210 Å². The van der Waals surface area contributed by atoms with Crippen molar-refractivity contribution in [3.8, 4) is 0 Å². The van der Waals surface area contributed by atoms with Gasteiger partial charge in [-0.2, -0.15) is 0 Å². The maximum absolute atomic E-state index is 12.8.